The Kier molecular flexibility index (Phi) is 6.02. The molecule has 2 aromatic carbocycles. The van der Waals surface area contributed by atoms with Crippen molar-refractivity contribution in [3.8, 4) is 6.07 Å². The Morgan fingerprint density at radius 2 is 1.86 bits per heavy atom. The Morgan fingerprint density at radius 1 is 1.14 bits per heavy atom. The molecular weight excluding hydrogens is 377 g/mol. The first kappa shape index (κ1) is 19.5. The van der Waals surface area contributed by atoms with Gasteiger partial charge in [-0.3, -0.25) is 9.59 Å². The number of benzene rings is 2. The first-order valence-corrected chi connectivity index (χ1v) is 9.58. The molecule has 2 unspecified atom stereocenters. The van der Waals surface area contributed by atoms with Crippen LogP contribution in [0.5, 0.6) is 0 Å². The zero-order chi connectivity index (χ0) is 20.1. The van der Waals surface area contributed by atoms with E-state index in [0.29, 0.717) is 0 Å². The average Bonchev–Trinajstić information content (AvgIpc) is 3.10. The Hall–Kier alpha value is -3.24. The second-order valence-corrected chi connectivity index (χ2v) is 7.24. The van der Waals surface area contributed by atoms with Crippen LogP contribution in [0.3, 0.4) is 0 Å². The molecule has 2 amide bonds. The van der Waals surface area contributed by atoms with Crippen molar-refractivity contribution < 1.29 is 14.0 Å². The lowest BCUT2D eigenvalue weighted by Crippen LogP contribution is -2.50. The predicted molar refractivity (Wildman–Crippen MR) is 106 cm³/mol. The second-order valence-electron chi connectivity index (χ2n) is 6.33. The maximum Gasteiger partial charge on any atom is 0.254 e. The van der Waals surface area contributed by atoms with Crippen molar-refractivity contribution in [2.24, 2.45) is 0 Å². The number of nitriles is 1. The van der Waals surface area contributed by atoms with Crippen molar-refractivity contribution in [1.82, 2.24) is 10.6 Å². The molecule has 2 atom stereocenters. The summed E-state index contributed by atoms with van der Waals surface area (Å²) in [6.45, 7) is 1.55. The summed E-state index contributed by atoms with van der Waals surface area (Å²) in [5.74, 6) is -1.83. The number of carbonyl (C=O) groups is 2. The van der Waals surface area contributed by atoms with Gasteiger partial charge in [0.25, 0.3) is 5.91 Å². The fraction of sp³-hybridized carbons (Fsp3) is 0.190. The molecule has 28 heavy (non-hydrogen) atoms. The van der Waals surface area contributed by atoms with Crippen molar-refractivity contribution in [2.75, 3.05) is 0 Å². The summed E-state index contributed by atoms with van der Waals surface area (Å²) in [4.78, 5) is 25.2. The van der Waals surface area contributed by atoms with Crippen molar-refractivity contribution in [2.45, 2.75) is 25.4 Å². The molecule has 0 aliphatic rings. The van der Waals surface area contributed by atoms with Gasteiger partial charge in [0.05, 0.1) is 11.6 Å². The molecule has 0 bridgehead atoms. The molecule has 0 aliphatic heterocycles. The molecule has 142 valence electrons. The van der Waals surface area contributed by atoms with Crippen LogP contribution >= 0.6 is 11.3 Å². The molecule has 0 saturated carbocycles. The number of rotatable bonds is 6. The van der Waals surface area contributed by atoms with E-state index in [2.05, 4.69) is 10.6 Å². The van der Waals surface area contributed by atoms with Gasteiger partial charge in [0, 0.05) is 11.1 Å². The van der Waals surface area contributed by atoms with Crippen LogP contribution in [0.4, 0.5) is 4.39 Å². The van der Waals surface area contributed by atoms with Gasteiger partial charge in [-0.15, -0.1) is 11.3 Å². The van der Waals surface area contributed by atoms with E-state index in [1.54, 1.807) is 24.3 Å². The minimum absolute atomic E-state index is 0.135. The second kappa shape index (κ2) is 8.63. The highest BCUT2D eigenvalue weighted by molar-refractivity contribution is 7.17. The topological polar surface area (TPSA) is 82.0 Å². The summed E-state index contributed by atoms with van der Waals surface area (Å²) in [5, 5.41) is 17.1. The lowest BCUT2D eigenvalue weighted by atomic mass is 10.0. The van der Waals surface area contributed by atoms with E-state index in [-0.39, 0.29) is 12.0 Å². The number of halogens is 1. The van der Waals surface area contributed by atoms with Crippen molar-refractivity contribution in [3.05, 3.63) is 70.9 Å². The van der Waals surface area contributed by atoms with Crippen LogP contribution in [0.15, 0.2) is 53.9 Å². The van der Waals surface area contributed by atoms with Crippen LogP contribution in [0.2, 0.25) is 0 Å². The maximum absolute atomic E-state index is 13.9. The molecule has 1 aromatic heterocycles. The molecule has 3 aromatic rings. The van der Waals surface area contributed by atoms with E-state index >= 15 is 0 Å². The number of nitrogens with zero attached hydrogens (tertiary/aromatic N) is 1. The highest BCUT2D eigenvalue weighted by Crippen LogP contribution is 2.26. The van der Waals surface area contributed by atoms with E-state index in [4.69, 9.17) is 5.26 Å². The van der Waals surface area contributed by atoms with E-state index in [9.17, 15) is 14.0 Å². The molecule has 5 nitrogen and oxygen atoms in total. The molecule has 0 saturated heterocycles. The van der Waals surface area contributed by atoms with Crippen LogP contribution in [-0.2, 0) is 11.2 Å². The van der Waals surface area contributed by atoms with E-state index < -0.39 is 29.7 Å². The van der Waals surface area contributed by atoms with Crippen LogP contribution in [0, 0.1) is 17.1 Å². The molecule has 0 radical (unpaired) electrons. The standard InChI is InChI=1S/C21H18FN3O2S/c1-13(11-23)24-21(27)18(25-20(26)16-7-2-4-8-17(16)22)10-14-12-28-19-9-5-3-6-15(14)19/h2-9,12-13,18H,10H2,1H3,(H,24,27)(H,25,26). The Balaban J connectivity index is 1.86. The number of fused-ring (bicyclic) bond motifs is 1. The van der Waals surface area contributed by atoms with Gasteiger partial charge < -0.3 is 10.6 Å². The van der Waals surface area contributed by atoms with Gasteiger partial charge in [0.2, 0.25) is 5.91 Å². The summed E-state index contributed by atoms with van der Waals surface area (Å²) >= 11 is 1.55. The summed E-state index contributed by atoms with van der Waals surface area (Å²) in [7, 11) is 0. The zero-order valence-corrected chi connectivity index (χ0v) is 15.9. The maximum atomic E-state index is 13.9. The number of carbonyl (C=O) groups excluding carboxylic acids is 2. The normalized spacial score (nSPS) is 12.8. The van der Waals surface area contributed by atoms with Gasteiger partial charge >= 0.3 is 0 Å². The Bertz CT molecular complexity index is 1060. The quantitative estimate of drug-likeness (QED) is 0.671. The molecule has 0 aliphatic carbocycles. The van der Waals surface area contributed by atoms with Crippen molar-refractivity contribution in [3.63, 3.8) is 0 Å². The molecule has 0 spiro atoms. The number of hydrogen-bond donors (Lipinski definition) is 2. The van der Waals surface area contributed by atoms with E-state index in [1.807, 2.05) is 35.7 Å². The van der Waals surface area contributed by atoms with Crippen LogP contribution < -0.4 is 10.6 Å². The minimum Gasteiger partial charge on any atom is -0.340 e. The zero-order valence-electron chi connectivity index (χ0n) is 15.1. The van der Waals surface area contributed by atoms with Crippen LogP contribution in [0.1, 0.15) is 22.8 Å². The number of hydrogen-bond acceptors (Lipinski definition) is 4. The smallest absolute Gasteiger partial charge is 0.254 e. The molecular formula is C21H18FN3O2S. The van der Waals surface area contributed by atoms with Gasteiger partial charge in [-0.25, -0.2) is 4.39 Å². The van der Waals surface area contributed by atoms with Gasteiger partial charge in [-0.2, -0.15) is 5.26 Å². The lowest BCUT2D eigenvalue weighted by molar-refractivity contribution is -0.123. The molecule has 1 heterocycles. The molecule has 0 fully saturated rings. The van der Waals surface area contributed by atoms with Gasteiger partial charge in [-0.1, -0.05) is 30.3 Å². The third kappa shape index (κ3) is 4.35. The third-order valence-corrected chi connectivity index (χ3v) is 5.29. The summed E-state index contributed by atoms with van der Waals surface area (Å²) < 4.78 is 15.0. The molecule has 7 heteroatoms. The summed E-state index contributed by atoms with van der Waals surface area (Å²) in [5.41, 5.74) is 0.767. The number of amides is 2. The van der Waals surface area contributed by atoms with Gasteiger partial charge in [-0.05, 0) is 41.5 Å². The van der Waals surface area contributed by atoms with Gasteiger partial charge in [0.15, 0.2) is 0 Å². The predicted octanol–water partition coefficient (Wildman–Crippen LogP) is 3.41. The first-order chi connectivity index (χ1) is 13.5. The minimum atomic E-state index is -0.944. The lowest BCUT2D eigenvalue weighted by Gasteiger charge is -2.19. The van der Waals surface area contributed by atoms with E-state index in [0.717, 1.165) is 15.6 Å². The highest BCUT2D eigenvalue weighted by Gasteiger charge is 2.25. The Labute approximate surface area is 165 Å². The Morgan fingerprint density at radius 3 is 2.61 bits per heavy atom. The van der Waals surface area contributed by atoms with Crippen LogP contribution in [-0.4, -0.2) is 23.9 Å². The van der Waals surface area contributed by atoms with Crippen molar-refractivity contribution in [1.29, 1.82) is 5.26 Å². The van der Waals surface area contributed by atoms with Gasteiger partial charge in [0.1, 0.15) is 17.9 Å². The number of thiophene rings is 1. The highest BCUT2D eigenvalue weighted by atomic mass is 32.1. The number of nitrogens with one attached hydrogen (secondary N) is 2. The van der Waals surface area contributed by atoms with E-state index in [1.165, 1.54) is 18.2 Å². The summed E-state index contributed by atoms with van der Waals surface area (Å²) in [6, 6.07) is 13.6. The molecule has 2 N–H and O–H groups in total. The third-order valence-electron chi connectivity index (χ3n) is 4.28. The first-order valence-electron chi connectivity index (χ1n) is 8.70. The summed E-state index contributed by atoms with van der Waals surface area (Å²) in [6.07, 6.45) is 0.230. The SMILES string of the molecule is CC(C#N)NC(=O)C(Cc1csc2ccccc12)NC(=O)c1ccccc1F. The average molecular weight is 395 g/mol. The largest absolute Gasteiger partial charge is 0.340 e. The monoisotopic (exact) mass is 395 g/mol. The van der Waals surface area contributed by atoms with Crippen LogP contribution in [0.25, 0.3) is 10.1 Å². The fourth-order valence-corrected chi connectivity index (χ4v) is 3.82. The fourth-order valence-electron chi connectivity index (χ4n) is 2.85. The van der Waals surface area contributed by atoms with Crippen molar-refractivity contribution >= 4 is 33.2 Å². The molecule has 3 rings (SSSR count).